The number of rotatable bonds is 4. The lowest BCUT2D eigenvalue weighted by Gasteiger charge is -2.10. The van der Waals surface area contributed by atoms with E-state index in [1.165, 1.54) is 0 Å². The van der Waals surface area contributed by atoms with Crippen LogP contribution in [0.1, 0.15) is 0 Å². The minimum Gasteiger partial charge on any atom is -0.481 e. The first-order valence-corrected chi connectivity index (χ1v) is 7.83. The molecule has 0 fully saturated rings. The Bertz CT molecular complexity index is 639. The molecule has 0 saturated carbocycles. The standard InChI is InChI=1S/C9H7Cl3N2O5S/c10-5-1-4(20(12,17)18)2-6(11)8(5)19-3-7(15)14-9(13)16/h1-2H,3H2,(H3,13,14,15,16). The second kappa shape index (κ2) is 6.49. The van der Waals surface area contributed by atoms with E-state index in [0.717, 1.165) is 12.1 Å². The van der Waals surface area contributed by atoms with E-state index in [9.17, 15) is 18.0 Å². The second-order valence-electron chi connectivity index (χ2n) is 3.35. The zero-order valence-corrected chi connectivity index (χ0v) is 12.6. The Morgan fingerprint density at radius 3 is 2.15 bits per heavy atom. The predicted octanol–water partition coefficient (Wildman–Crippen LogP) is 1.49. The maximum Gasteiger partial charge on any atom is 0.318 e. The number of primary amides is 1. The van der Waals surface area contributed by atoms with Crippen LogP contribution in [0.25, 0.3) is 0 Å². The van der Waals surface area contributed by atoms with Crippen molar-refractivity contribution in [3.05, 3.63) is 22.2 Å². The van der Waals surface area contributed by atoms with Gasteiger partial charge in [0.1, 0.15) is 0 Å². The summed E-state index contributed by atoms with van der Waals surface area (Å²) in [6.45, 7) is -0.588. The summed E-state index contributed by atoms with van der Waals surface area (Å²) in [6.07, 6.45) is 0. The van der Waals surface area contributed by atoms with Gasteiger partial charge in [-0.25, -0.2) is 13.2 Å². The number of hydrogen-bond donors (Lipinski definition) is 2. The van der Waals surface area contributed by atoms with Gasteiger partial charge >= 0.3 is 6.03 Å². The van der Waals surface area contributed by atoms with Crippen LogP contribution >= 0.6 is 33.9 Å². The molecule has 0 aliphatic rings. The first-order chi connectivity index (χ1) is 9.11. The molecule has 0 aromatic heterocycles. The van der Waals surface area contributed by atoms with Crippen molar-refractivity contribution in [3.63, 3.8) is 0 Å². The van der Waals surface area contributed by atoms with E-state index in [0.29, 0.717) is 0 Å². The minimum absolute atomic E-state index is 0.128. The quantitative estimate of drug-likeness (QED) is 0.788. The Labute approximate surface area is 128 Å². The van der Waals surface area contributed by atoms with E-state index in [1.807, 2.05) is 0 Å². The third kappa shape index (κ3) is 4.71. The molecule has 1 rings (SSSR count). The highest BCUT2D eigenvalue weighted by atomic mass is 35.7. The Kier molecular flexibility index (Phi) is 5.46. The van der Waals surface area contributed by atoms with Crippen LogP contribution in [0, 0.1) is 0 Å². The van der Waals surface area contributed by atoms with Gasteiger partial charge in [0.25, 0.3) is 15.0 Å². The zero-order valence-electron chi connectivity index (χ0n) is 9.52. The van der Waals surface area contributed by atoms with E-state index < -0.39 is 27.6 Å². The smallest absolute Gasteiger partial charge is 0.318 e. The third-order valence-electron chi connectivity index (χ3n) is 1.86. The van der Waals surface area contributed by atoms with Crippen molar-refractivity contribution in [3.8, 4) is 5.75 Å². The predicted molar refractivity (Wildman–Crippen MR) is 72.7 cm³/mol. The van der Waals surface area contributed by atoms with Crippen molar-refractivity contribution in [2.24, 2.45) is 5.73 Å². The molecule has 3 amide bonds. The fraction of sp³-hybridized carbons (Fsp3) is 0.111. The van der Waals surface area contributed by atoms with Gasteiger partial charge in [-0.3, -0.25) is 10.1 Å². The van der Waals surface area contributed by atoms with Gasteiger partial charge in [-0.1, -0.05) is 23.2 Å². The van der Waals surface area contributed by atoms with Crippen molar-refractivity contribution < 1.29 is 22.7 Å². The molecule has 0 heterocycles. The molecule has 0 saturated heterocycles. The van der Waals surface area contributed by atoms with Gasteiger partial charge in [0.2, 0.25) is 0 Å². The number of nitrogens with two attached hydrogens (primary N) is 1. The monoisotopic (exact) mass is 360 g/mol. The number of benzene rings is 1. The molecule has 11 heteroatoms. The maximum absolute atomic E-state index is 11.1. The van der Waals surface area contributed by atoms with Crippen molar-refractivity contribution in [1.29, 1.82) is 0 Å². The van der Waals surface area contributed by atoms with E-state index in [2.05, 4.69) is 0 Å². The van der Waals surface area contributed by atoms with Crippen LogP contribution in [0.2, 0.25) is 10.0 Å². The summed E-state index contributed by atoms with van der Waals surface area (Å²) in [4.78, 5) is 21.2. The van der Waals surface area contributed by atoms with Gasteiger partial charge in [-0.2, -0.15) is 0 Å². The second-order valence-corrected chi connectivity index (χ2v) is 6.74. The highest BCUT2D eigenvalue weighted by molar-refractivity contribution is 8.13. The van der Waals surface area contributed by atoms with Gasteiger partial charge in [0.15, 0.2) is 12.4 Å². The van der Waals surface area contributed by atoms with Gasteiger partial charge < -0.3 is 10.5 Å². The lowest BCUT2D eigenvalue weighted by molar-refractivity contribution is -0.121. The molecule has 3 N–H and O–H groups in total. The lowest BCUT2D eigenvalue weighted by atomic mass is 10.3. The van der Waals surface area contributed by atoms with E-state index in [4.69, 9.17) is 44.4 Å². The Morgan fingerprint density at radius 1 is 1.25 bits per heavy atom. The average molecular weight is 362 g/mol. The number of hydrogen-bond acceptors (Lipinski definition) is 5. The van der Waals surface area contributed by atoms with Crippen LogP contribution in [-0.4, -0.2) is 27.0 Å². The topological polar surface area (TPSA) is 116 Å². The van der Waals surface area contributed by atoms with Crippen molar-refractivity contribution in [2.75, 3.05) is 6.61 Å². The molecule has 0 atom stereocenters. The van der Waals surface area contributed by atoms with Crippen molar-refractivity contribution in [1.82, 2.24) is 5.32 Å². The first kappa shape index (κ1) is 16.8. The molecule has 0 aliphatic heterocycles. The number of nitrogens with one attached hydrogen (secondary N) is 1. The average Bonchev–Trinajstić information content (AvgIpc) is 2.25. The molecule has 0 aliphatic carbocycles. The Hall–Kier alpha value is -1.22. The number of urea groups is 1. The van der Waals surface area contributed by atoms with E-state index >= 15 is 0 Å². The van der Waals surface area contributed by atoms with E-state index in [1.54, 1.807) is 5.32 Å². The van der Waals surface area contributed by atoms with Crippen molar-refractivity contribution in [2.45, 2.75) is 4.90 Å². The molecule has 20 heavy (non-hydrogen) atoms. The van der Waals surface area contributed by atoms with Crippen LogP contribution in [-0.2, 0) is 13.8 Å². The largest absolute Gasteiger partial charge is 0.481 e. The van der Waals surface area contributed by atoms with Crippen LogP contribution in [0.15, 0.2) is 17.0 Å². The van der Waals surface area contributed by atoms with Crippen LogP contribution < -0.4 is 15.8 Å². The zero-order chi connectivity index (χ0) is 15.5. The summed E-state index contributed by atoms with van der Waals surface area (Å²) in [5, 5.41) is 1.43. The van der Waals surface area contributed by atoms with Gasteiger partial charge in [0, 0.05) is 10.7 Å². The van der Waals surface area contributed by atoms with Gasteiger partial charge in [0.05, 0.1) is 14.9 Å². The molecule has 1 aromatic rings. The molecule has 0 unspecified atom stereocenters. The fourth-order valence-corrected chi connectivity index (χ4v) is 2.64. The number of carbonyl (C=O) groups excluding carboxylic acids is 2. The molecule has 0 radical (unpaired) electrons. The Morgan fingerprint density at radius 2 is 1.75 bits per heavy atom. The summed E-state index contributed by atoms with van der Waals surface area (Å²) in [5.74, 6) is -0.948. The molecular weight excluding hydrogens is 355 g/mol. The molecule has 0 bridgehead atoms. The number of carbonyl (C=O) groups is 2. The van der Waals surface area contributed by atoms with E-state index in [-0.39, 0.29) is 20.7 Å². The number of ether oxygens (including phenoxy) is 1. The molecule has 1 aromatic carbocycles. The summed E-state index contributed by atoms with van der Waals surface area (Å²) >= 11 is 11.5. The maximum atomic E-state index is 11.1. The first-order valence-electron chi connectivity index (χ1n) is 4.77. The van der Waals surface area contributed by atoms with Gasteiger partial charge in [-0.15, -0.1) is 0 Å². The van der Waals surface area contributed by atoms with Gasteiger partial charge in [-0.05, 0) is 12.1 Å². The summed E-state index contributed by atoms with van der Waals surface area (Å²) in [6, 6.07) is 0.980. The lowest BCUT2D eigenvalue weighted by Crippen LogP contribution is -2.38. The highest BCUT2D eigenvalue weighted by Gasteiger charge is 2.18. The van der Waals surface area contributed by atoms with Crippen molar-refractivity contribution >= 4 is 54.9 Å². The van der Waals surface area contributed by atoms with Crippen LogP contribution in [0.5, 0.6) is 5.75 Å². The summed E-state index contributed by atoms with van der Waals surface area (Å²) in [5.41, 5.74) is 4.73. The molecular formula is C9H7Cl3N2O5S. The number of imide groups is 1. The summed E-state index contributed by atoms with van der Waals surface area (Å²) < 4.78 is 27.2. The molecule has 7 nitrogen and oxygen atoms in total. The van der Waals surface area contributed by atoms with Crippen LogP contribution in [0.3, 0.4) is 0 Å². The highest BCUT2D eigenvalue weighted by Crippen LogP contribution is 2.36. The fourth-order valence-electron chi connectivity index (χ4n) is 1.13. The normalized spacial score (nSPS) is 10.9. The number of amides is 3. The molecule has 110 valence electrons. The summed E-state index contributed by atoms with van der Waals surface area (Å²) in [7, 11) is 1.13. The third-order valence-corrected chi connectivity index (χ3v) is 3.76. The van der Waals surface area contributed by atoms with Crippen LogP contribution in [0.4, 0.5) is 4.79 Å². The molecule has 0 spiro atoms. The number of halogens is 3. The SMILES string of the molecule is NC(=O)NC(=O)COc1c(Cl)cc(S(=O)(=O)Cl)cc1Cl. The minimum atomic E-state index is -4.00. The Balaban J connectivity index is 2.93.